The van der Waals surface area contributed by atoms with Crippen LogP contribution in [0.1, 0.15) is 20.3 Å². The molecule has 0 saturated heterocycles. The zero-order valence-electron chi connectivity index (χ0n) is 12.6. The number of aliphatic hydroxyl groups excluding tert-OH is 1. The Morgan fingerprint density at radius 1 is 1.33 bits per heavy atom. The number of halogens is 2. The van der Waals surface area contributed by atoms with Gasteiger partial charge in [0, 0.05) is 6.54 Å². The molecule has 0 rings (SSSR count). The number of carbonyl (C=O) groups is 2. The molecule has 0 fully saturated rings. The number of amides is 1. The number of alkyl halides is 2. The van der Waals surface area contributed by atoms with Crippen LogP contribution in [0.4, 0.5) is 8.78 Å². The predicted octanol–water partition coefficient (Wildman–Crippen LogP) is 0.250. The molecular weight excluding hydrogens is 286 g/mol. The van der Waals surface area contributed by atoms with Crippen LogP contribution in [-0.4, -0.2) is 67.7 Å². The lowest BCUT2D eigenvalue weighted by Crippen LogP contribution is -2.47. The highest BCUT2D eigenvalue weighted by molar-refractivity contribution is 5.85. The van der Waals surface area contributed by atoms with Crippen molar-refractivity contribution in [2.24, 2.45) is 5.92 Å². The standard InChI is InChI=1S/C13H24F2N2O4/c1-9(2)6-10(13(20)21-3)16-12(19)8-17(4-5-18)7-11(14)15/h9-11,18H,4-8H2,1-3H3,(H,16,19). The largest absolute Gasteiger partial charge is 0.467 e. The van der Waals surface area contributed by atoms with Crippen LogP contribution in [0.25, 0.3) is 0 Å². The summed E-state index contributed by atoms with van der Waals surface area (Å²) in [6, 6.07) is -0.801. The molecule has 0 aliphatic carbocycles. The lowest BCUT2D eigenvalue weighted by Gasteiger charge is -2.23. The molecule has 0 heterocycles. The zero-order chi connectivity index (χ0) is 16.4. The van der Waals surface area contributed by atoms with Crippen molar-refractivity contribution in [3.63, 3.8) is 0 Å². The van der Waals surface area contributed by atoms with Crippen molar-refractivity contribution < 1.29 is 28.2 Å². The Kier molecular flexibility index (Phi) is 9.81. The fourth-order valence-electron chi connectivity index (χ4n) is 1.84. The van der Waals surface area contributed by atoms with Gasteiger partial charge in [0.2, 0.25) is 5.91 Å². The smallest absolute Gasteiger partial charge is 0.328 e. The quantitative estimate of drug-likeness (QED) is 0.566. The molecule has 0 aliphatic heterocycles. The molecule has 1 atom stereocenters. The van der Waals surface area contributed by atoms with Crippen LogP contribution in [-0.2, 0) is 14.3 Å². The lowest BCUT2D eigenvalue weighted by molar-refractivity contribution is -0.145. The Morgan fingerprint density at radius 3 is 2.38 bits per heavy atom. The summed E-state index contributed by atoms with van der Waals surface area (Å²) >= 11 is 0. The molecule has 124 valence electrons. The second-order valence-electron chi connectivity index (χ2n) is 5.12. The summed E-state index contributed by atoms with van der Waals surface area (Å²) in [5.74, 6) is -0.969. The number of aliphatic hydroxyl groups is 1. The average molecular weight is 310 g/mol. The Labute approximate surface area is 123 Å². The normalized spacial score (nSPS) is 12.8. The SMILES string of the molecule is COC(=O)C(CC(C)C)NC(=O)CN(CCO)CC(F)F. The number of nitrogens with one attached hydrogen (secondary N) is 1. The van der Waals surface area contributed by atoms with Crippen molar-refractivity contribution in [3.05, 3.63) is 0 Å². The average Bonchev–Trinajstić information content (AvgIpc) is 2.35. The number of ether oxygens (including phenoxy) is 1. The molecule has 0 aromatic carbocycles. The van der Waals surface area contributed by atoms with E-state index in [9.17, 15) is 18.4 Å². The fourth-order valence-corrected chi connectivity index (χ4v) is 1.84. The number of hydrogen-bond donors (Lipinski definition) is 2. The van der Waals surface area contributed by atoms with Gasteiger partial charge in [-0.1, -0.05) is 13.8 Å². The van der Waals surface area contributed by atoms with Gasteiger partial charge in [0.25, 0.3) is 6.43 Å². The molecule has 21 heavy (non-hydrogen) atoms. The van der Waals surface area contributed by atoms with Crippen LogP contribution < -0.4 is 5.32 Å². The van der Waals surface area contributed by atoms with Crippen LogP contribution in [0.5, 0.6) is 0 Å². The van der Waals surface area contributed by atoms with E-state index in [-0.39, 0.29) is 25.6 Å². The topological polar surface area (TPSA) is 78.9 Å². The summed E-state index contributed by atoms with van der Waals surface area (Å²) in [6.07, 6.45) is -2.20. The van der Waals surface area contributed by atoms with E-state index in [1.807, 2.05) is 13.8 Å². The van der Waals surface area contributed by atoms with E-state index in [1.165, 1.54) is 7.11 Å². The molecule has 0 radical (unpaired) electrons. The molecule has 1 amide bonds. The van der Waals surface area contributed by atoms with Crippen molar-refractivity contribution in [2.45, 2.75) is 32.7 Å². The molecule has 0 aromatic rings. The van der Waals surface area contributed by atoms with Crippen LogP contribution in [0.15, 0.2) is 0 Å². The van der Waals surface area contributed by atoms with Crippen molar-refractivity contribution in [3.8, 4) is 0 Å². The summed E-state index contributed by atoms with van der Waals surface area (Å²) in [5.41, 5.74) is 0. The molecule has 0 aromatic heterocycles. The monoisotopic (exact) mass is 310 g/mol. The molecular formula is C13H24F2N2O4. The molecule has 0 bridgehead atoms. The third-order valence-electron chi connectivity index (χ3n) is 2.71. The number of methoxy groups -OCH3 is 1. The Balaban J connectivity index is 4.54. The number of nitrogens with zero attached hydrogens (tertiary/aromatic N) is 1. The van der Waals surface area contributed by atoms with Crippen molar-refractivity contribution in [1.29, 1.82) is 0 Å². The highest BCUT2D eigenvalue weighted by Gasteiger charge is 2.24. The molecule has 8 heteroatoms. The van der Waals surface area contributed by atoms with E-state index < -0.39 is 30.9 Å². The minimum Gasteiger partial charge on any atom is -0.467 e. The highest BCUT2D eigenvalue weighted by Crippen LogP contribution is 2.06. The maximum atomic E-state index is 12.3. The van der Waals surface area contributed by atoms with Crippen LogP contribution in [0.2, 0.25) is 0 Å². The van der Waals surface area contributed by atoms with E-state index in [2.05, 4.69) is 10.1 Å². The first-order valence-corrected chi connectivity index (χ1v) is 6.78. The van der Waals surface area contributed by atoms with E-state index in [0.29, 0.717) is 6.42 Å². The minimum absolute atomic E-state index is 0.0369. The number of esters is 1. The Bertz CT molecular complexity index is 327. The summed E-state index contributed by atoms with van der Waals surface area (Å²) in [7, 11) is 1.22. The molecule has 0 spiro atoms. The van der Waals surface area contributed by atoms with E-state index >= 15 is 0 Å². The highest BCUT2D eigenvalue weighted by atomic mass is 19.3. The van der Waals surface area contributed by atoms with Crippen molar-refractivity contribution in [1.82, 2.24) is 10.2 Å². The Hall–Kier alpha value is -1.28. The first-order valence-electron chi connectivity index (χ1n) is 6.78. The van der Waals surface area contributed by atoms with Gasteiger partial charge in [0.05, 0.1) is 26.8 Å². The van der Waals surface area contributed by atoms with Gasteiger partial charge in [-0.25, -0.2) is 13.6 Å². The molecule has 6 nitrogen and oxygen atoms in total. The molecule has 2 N–H and O–H groups in total. The molecule has 0 aliphatic rings. The van der Waals surface area contributed by atoms with Gasteiger partial charge < -0.3 is 15.2 Å². The summed E-state index contributed by atoms with van der Waals surface area (Å²) < 4.78 is 29.3. The van der Waals surface area contributed by atoms with Crippen molar-refractivity contribution in [2.75, 3.05) is 33.4 Å². The minimum atomic E-state index is -2.60. The van der Waals surface area contributed by atoms with Gasteiger partial charge in [-0.05, 0) is 12.3 Å². The first kappa shape index (κ1) is 19.7. The fraction of sp³-hybridized carbons (Fsp3) is 0.846. The Morgan fingerprint density at radius 2 is 1.95 bits per heavy atom. The second kappa shape index (κ2) is 10.4. The van der Waals surface area contributed by atoms with E-state index in [4.69, 9.17) is 5.11 Å². The first-order chi connectivity index (χ1) is 9.79. The van der Waals surface area contributed by atoms with Crippen LogP contribution >= 0.6 is 0 Å². The second-order valence-corrected chi connectivity index (χ2v) is 5.12. The molecule has 0 saturated carbocycles. The lowest BCUT2D eigenvalue weighted by atomic mass is 10.0. The van der Waals surface area contributed by atoms with Crippen LogP contribution in [0, 0.1) is 5.92 Å². The summed E-state index contributed by atoms with van der Waals surface area (Å²) in [6.45, 7) is 2.49. The van der Waals surface area contributed by atoms with Gasteiger partial charge >= 0.3 is 5.97 Å². The summed E-state index contributed by atoms with van der Waals surface area (Å²) in [5, 5.41) is 11.3. The predicted molar refractivity (Wildman–Crippen MR) is 72.9 cm³/mol. The molecule has 1 unspecified atom stereocenters. The van der Waals surface area contributed by atoms with Gasteiger partial charge in [-0.2, -0.15) is 0 Å². The third kappa shape index (κ3) is 9.30. The van der Waals surface area contributed by atoms with Gasteiger partial charge in [0.1, 0.15) is 6.04 Å². The summed E-state index contributed by atoms with van der Waals surface area (Å²) in [4.78, 5) is 24.5. The number of hydrogen-bond acceptors (Lipinski definition) is 5. The van der Waals surface area contributed by atoms with Crippen molar-refractivity contribution >= 4 is 11.9 Å². The number of carbonyl (C=O) groups excluding carboxylic acids is 2. The van der Waals surface area contributed by atoms with Gasteiger partial charge in [-0.15, -0.1) is 0 Å². The maximum absolute atomic E-state index is 12.3. The van der Waals surface area contributed by atoms with Gasteiger partial charge in [-0.3, -0.25) is 9.69 Å². The van der Waals surface area contributed by atoms with E-state index in [0.717, 1.165) is 4.90 Å². The number of rotatable bonds is 10. The third-order valence-corrected chi connectivity index (χ3v) is 2.71. The van der Waals surface area contributed by atoms with Crippen LogP contribution in [0.3, 0.4) is 0 Å². The van der Waals surface area contributed by atoms with Gasteiger partial charge in [0.15, 0.2) is 0 Å². The van der Waals surface area contributed by atoms with E-state index in [1.54, 1.807) is 0 Å². The zero-order valence-corrected chi connectivity index (χ0v) is 12.6. The maximum Gasteiger partial charge on any atom is 0.328 e.